The summed E-state index contributed by atoms with van der Waals surface area (Å²) in [5.74, 6) is 0.175. The molecular formula is C17H26N2O2. The van der Waals surface area contributed by atoms with Gasteiger partial charge in [-0.3, -0.25) is 4.79 Å². The highest BCUT2D eigenvalue weighted by atomic mass is 16.3. The van der Waals surface area contributed by atoms with Gasteiger partial charge < -0.3 is 15.3 Å². The summed E-state index contributed by atoms with van der Waals surface area (Å²) in [6, 6.07) is 3.70. The van der Waals surface area contributed by atoms with E-state index >= 15 is 0 Å². The largest absolute Gasteiger partial charge is 0.506 e. The second kappa shape index (κ2) is 7.46. The van der Waals surface area contributed by atoms with Gasteiger partial charge in [-0.15, -0.1) is 0 Å². The third-order valence-electron chi connectivity index (χ3n) is 4.03. The fourth-order valence-corrected chi connectivity index (χ4v) is 3.02. The Morgan fingerprint density at radius 2 is 1.86 bits per heavy atom. The molecule has 1 aromatic carbocycles. The number of aromatic hydroxyl groups is 1. The van der Waals surface area contributed by atoms with Gasteiger partial charge in [-0.1, -0.05) is 19.9 Å². The number of nitrogens with one attached hydrogen (secondary N) is 1. The average molecular weight is 290 g/mol. The molecule has 1 aliphatic rings. The average Bonchev–Trinajstić information content (AvgIpc) is 2.47. The van der Waals surface area contributed by atoms with Crippen molar-refractivity contribution in [3.05, 3.63) is 23.3 Å². The van der Waals surface area contributed by atoms with Crippen LogP contribution in [0.2, 0.25) is 0 Å². The van der Waals surface area contributed by atoms with Gasteiger partial charge in [0, 0.05) is 13.0 Å². The Kier molecular flexibility index (Phi) is 5.62. The molecule has 0 saturated heterocycles. The normalized spacial score (nSPS) is 14.1. The van der Waals surface area contributed by atoms with Gasteiger partial charge in [-0.2, -0.15) is 0 Å². The lowest BCUT2D eigenvalue weighted by Gasteiger charge is -2.24. The molecule has 1 heterocycles. The predicted octanol–water partition coefficient (Wildman–Crippen LogP) is 2.94. The molecule has 0 saturated carbocycles. The first kappa shape index (κ1) is 15.8. The Labute approximate surface area is 127 Å². The molecule has 0 fully saturated rings. The minimum Gasteiger partial charge on any atom is -0.506 e. The fraction of sp³-hybridized carbons (Fsp3) is 0.588. The zero-order valence-electron chi connectivity index (χ0n) is 13.1. The van der Waals surface area contributed by atoms with Crippen LogP contribution in [0.4, 0.5) is 5.69 Å². The molecule has 4 heteroatoms. The summed E-state index contributed by atoms with van der Waals surface area (Å²) in [5.41, 5.74) is 2.99. The van der Waals surface area contributed by atoms with Crippen LogP contribution < -0.4 is 5.32 Å². The molecule has 21 heavy (non-hydrogen) atoms. The van der Waals surface area contributed by atoms with E-state index < -0.39 is 0 Å². The van der Waals surface area contributed by atoms with Crippen LogP contribution in [-0.2, 0) is 17.6 Å². The Bertz CT molecular complexity index is 494. The molecule has 0 unspecified atom stereocenters. The van der Waals surface area contributed by atoms with Crippen molar-refractivity contribution < 1.29 is 9.90 Å². The fourth-order valence-electron chi connectivity index (χ4n) is 3.02. The second-order valence-electron chi connectivity index (χ2n) is 5.74. The standard InChI is InChI=1S/C17H26N2O2/c1-3-10-19(11-4-2)12-9-13-5-7-15(20)17-14(13)6-8-16(21)18-17/h5,7,20H,3-4,6,8-12H2,1-2H3,(H,18,21). The molecule has 2 N–H and O–H groups in total. The maximum atomic E-state index is 11.5. The maximum Gasteiger partial charge on any atom is 0.224 e. The van der Waals surface area contributed by atoms with Crippen molar-refractivity contribution in [1.82, 2.24) is 4.90 Å². The summed E-state index contributed by atoms with van der Waals surface area (Å²) >= 11 is 0. The van der Waals surface area contributed by atoms with E-state index in [0.29, 0.717) is 12.1 Å². The topological polar surface area (TPSA) is 52.6 Å². The molecule has 2 rings (SSSR count). The third kappa shape index (κ3) is 3.97. The number of nitrogens with zero attached hydrogens (tertiary/aromatic N) is 1. The summed E-state index contributed by atoms with van der Waals surface area (Å²) in [5, 5.41) is 12.7. The molecule has 4 nitrogen and oxygen atoms in total. The summed E-state index contributed by atoms with van der Waals surface area (Å²) in [6.45, 7) is 7.71. The molecule has 0 atom stereocenters. The molecule has 1 amide bonds. The molecule has 1 aliphatic heterocycles. The molecular weight excluding hydrogens is 264 g/mol. The zero-order valence-corrected chi connectivity index (χ0v) is 13.1. The number of phenolic OH excluding ortho intramolecular Hbond substituents is 1. The number of carbonyl (C=O) groups excluding carboxylic acids is 1. The first-order chi connectivity index (χ1) is 10.2. The summed E-state index contributed by atoms with van der Waals surface area (Å²) < 4.78 is 0. The Hall–Kier alpha value is -1.55. The Morgan fingerprint density at radius 3 is 2.52 bits per heavy atom. The second-order valence-corrected chi connectivity index (χ2v) is 5.74. The molecule has 1 aromatic rings. The lowest BCUT2D eigenvalue weighted by Crippen LogP contribution is -2.28. The predicted molar refractivity (Wildman–Crippen MR) is 85.8 cm³/mol. The first-order valence-electron chi connectivity index (χ1n) is 8.01. The number of fused-ring (bicyclic) bond motifs is 1. The van der Waals surface area contributed by atoms with Crippen LogP contribution in [0.1, 0.15) is 44.2 Å². The van der Waals surface area contributed by atoms with E-state index in [2.05, 4.69) is 24.1 Å². The third-order valence-corrected chi connectivity index (χ3v) is 4.03. The highest BCUT2D eigenvalue weighted by molar-refractivity contribution is 5.95. The van der Waals surface area contributed by atoms with Crippen LogP contribution in [0.15, 0.2) is 12.1 Å². The number of rotatable bonds is 7. The first-order valence-corrected chi connectivity index (χ1v) is 8.01. The van der Waals surface area contributed by atoms with Crippen molar-refractivity contribution in [2.24, 2.45) is 0 Å². The molecule has 0 aromatic heterocycles. The molecule has 0 radical (unpaired) electrons. The van der Waals surface area contributed by atoms with Gasteiger partial charge in [0.15, 0.2) is 0 Å². The van der Waals surface area contributed by atoms with E-state index in [1.807, 2.05) is 6.07 Å². The van der Waals surface area contributed by atoms with Crippen molar-refractivity contribution in [1.29, 1.82) is 0 Å². The quantitative estimate of drug-likeness (QED) is 0.759. The van der Waals surface area contributed by atoms with E-state index in [0.717, 1.165) is 38.0 Å². The SMILES string of the molecule is CCCN(CCC)CCc1ccc(O)c2c1CCC(=O)N2. The smallest absolute Gasteiger partial charge is 0.224 e. The number of amides is 1. The van der Waals surface area contributed by atoms with Crippen LogP contribution in [0.25, 0.3) is 0 Å². The highest BCUT2D eigenvalue weighted by Crippen LogP contribution is 2.34. The summed E-state index contributed by atoms with van der Waals surface area (Å²) in [7, 11) is 0. The Balaban J connectivity index is 2.10. The number of anilines is 1. The monoisotopic (exact) mass is 290 g/mol. The van der Waals surface area contributed by atoms with E-state index in [4.69, 9.17) is 0 Å². The van der Waals surface area contributed by atoms with Crippen LogP contribution in [0.5, 0.6) is 5.75 Å². The van der Waals surface area contributed by atoms with Gasteiger partial charge in [0.1, 0.15) is 5.75 Å². The molecule has 0 bridgehead atoms. The van der Waals surface area contributed by atoms with Gasteiger partial charge in [0.25, 0.3) is 0 Å². The highest BCUT2D eigenvalue weighted by Gasteiger charge is 2.20. The lowest BCUT2D eigenvalue weighted by atomic mass is 9.94. The summed E-state index contributed by atoms with van der Waals surface area (Å²) in [4.78, 5) is 14.0. The number of hydrogen-bond donors (Lipinski definition) is 2. The van der Waals surface area contributed by atoms with E-state index in [1.54, 1.807) is 6.07 Å². The number of carbonyl (C=O) groups is 1. The molecule has 116 valence electrons. The minimum absolute atomic E-state index is 0.00598. The van der Waals surface area contributed by atoms with E-state index in [1.165, 1.54) is 18.4 Å². The molecule has 0 spiro atoms. The molecule has 0 aliphatic carbocycles. The van der Waals surface area contributed by atoms with E-state index in [9.17, 15) is 9.90 Å². The lowest BCUT2D eigenvalue weighted by molar-refractivity contribution is -0.116. The summed E-state index contributed by atoms with van der Waals surface area (Å²) in [6.07, 6.45) is 4.55. The van der Waals surface area contributed by atoms with Crippen molar-refractivity contribution in [2.75, 3.05) is 25.0 Å². The number of hydrogen-bond acceptors (Lipinski definition) is 3. The zero-order chi connectivity index (χ0) is 15.2. The van der Waals surface area contributed by atoms with Crippen LogP contribution in [0, 0.1) is 0 Å². The van der Waals surface area contributed by atoms with Gasteiger partial charge >= 0.3 is 0 Å². The van der Waals surface area contributed by atoms with Gasteiger partial charge in [0.05, 0.1) is 5.69 Å². The van der Waals surface area contributed by atoms with Crippen LogP contribution in [0.3, 0.4) is 0 Å². The van der Waals surface area contributed by atoms with Gasteiger partial charge in [0.2, 0.25) is 5.91 Å². The number of phenols is 1. The number of benzene rings is 1. The van der Waals surface area contributed by atoms with Crippen LogP contribution >= 0.6 is 0 Å². The van der Waals surface area contributed by atoms with E-state index in [-0.39, 0.29) is 11.7 Å². The van der Waals surface area contributed by atoms with Crippen molar-refractivity contribution in [2.45, 2.75) is 46.0 Å². The minimum atomic E-state index is -0.00598. The Morgan fingerprint density at radius 1 is 1.14 bits per heavy atom. The van der Waals surface area contributed by atoms with Crippen molar-refractivity contribution >= 4 is 11.6 Å². The van der Waals surface area contributed by atoms with Gasteiger partial charge in [-0.05, 0) is 56.0 Å². The van der Waals surface area contributed by atoms with Crippen LogP contribution in [-0.4, -0.2) is 35.5 Å². The maximum absolute atomic E-state index is 11.5. The van der Waals surface area contributed by atoms with Gasteiger partial charge in [-0.25, -0.2) is 0 Å². The van der Waals surface area contributed by atoms with Crippen molar-refractivity contribution in [3.8, 4) is 5.75 Å². The van der Waals surface area contributed by atoms with Crippen molar-refractivity contribution in [3.63, 3.8) is 0 Å².